The van der Waals surface area contributed by atoms with Crippen molar-refractivity contribution in [2.24, 2.45) is 0 Å². The molecule has 9 heteroatoms. The molecule has 1 aliphatic rings. The van der Waals surface area contributed by atoms with Gasteiger partial charge in [0.15, 0.2) is 0 Å². The quantitative estimate of drug-likeness (QED) is 0.407. The molecule has 3 heterocycles. The van der Waals surface area contributed by atoms with Crippen LogP contribution < -0.4 is 10.9 Å². The number of carbonyl (C=O) groups excluding carboxylic acids is 1. The van der Waals surface area contributed by atoms with Crippen molar-refractivity contribution < 1.29 is 9.90 Å². The van der Waals surface area contributed by atoms with E-state index in [0.717, 1.165) is 12.0 Å². The fourth-order valence-corrected chi connectivity index (χ4v) is 4.69. The third-order valence-corrected chi connectivity index (χ3v) is 6.39. The van der Waals surface area contributed by atoms with Crippen LogP contribution in [0.15, 0.2) is 64.4 Å². The minimum Gasteiger partial charge on any atom is -0.387 e. The predicted molar refractivity (Wildman–Crippen MR) is 132 cm³/mol. The summed E-state index contributed by atoms with van der Waals surface area (Å²) in [4.78, 5) is 32.6. The van der Waals surface area contributed by atoms with Gasteiger partial charge in [-0.2, -0.15) is 0 Å². The van der Waals surface area contributed by atoms with Gasteiger partial charge in [0.25, 0.3) is 11.5 Å². The number of aliphatic hydroxyl groups excluding tert-OH is 1. The van der Waals surface area contributed by atoms with E-state index in [1.807, 2.05) is 37.3 Å². The highest BCUT2D eigenvalue weighted by molar-refractivity contribution is 8.26. The molecule has 7 nitrogen and oxygen atoms in total. The molecule has 1 aromatic carbocycles. The molecule has 1 aliphatic heterocycles. The summed E-state index contributed by atoms with van der Waals surface area (Å²) in [6.45, 7) is 2.66. The van der Waals surface area contributed by atoms with Gasteiger partial charge in [-0.05, 0) is 30.2 Å². The first-order valence-corrected chi connectivity index (χ1v) is 11.5. The second-order valence-electron chi connectivity index (χ2n) is 7.25. The minimum atomic E-state index is -0.789. The fraction of sp³-hybridized carbons (Fsp3) is 0.217. The van der Waals surface area contributed by atoms with Gasteiger partial charge >= 0.3 is 0 Å². The number of carbonyl (C=O) groups is 1. The van der Waals surface area contributed by atoms with Crippen molar-refractivity contribution in [2.45, 2.75) is 19.4 Å². The smallest absolute Gasteiger partial charge is 0.267 e. The van der Waals surface area contributed by atoms with Crippen LogP contribution in [-0.2, 0) is 4.79 Å². The summed E-state index contributed by atoms with van der Waals surface area (Å²) in [6.07, 6.45) is 3.17. The lowest BCUT2D eigenvalue weighted by atomic mass is 10.1. The van der Waals surface area contributed by atoms with Crippen LogP contribution in [-0.4, -0.2) is 42.7 Å². The molecule has 2 N–H and O–H groups in total. The molecule has 1 fully saturated rings. The third kappa shape index (κ3) is 4.45. The molecule has 0 radical (unpaired) electrons. The Bertz CT molecular complexity index is 1260. The van der Waals surface area contributed by atoms with Gasteiger partial charge in [0.05, 0.1) is 16.6 Å². The van der Waals surface area contributed by atoms with Crippen LogP contribution >= 0.6 is 24.0 Å². The van der Waals surface area contributed by atoms with Crippen molar-refractivity contribution in [1.82, 2.24) is 14.3 Å². The summed E-state index contributed by atoms with van der Waals surface area (Å²) in [5.74, 6) is 0.0895. The number of aromatic nitrogens is 2. The summed E-state index contributed by atoms with van der Waals surface area (Å²) in [6, 6.07) is 14.5. The zero-order chi connectivity index (χ0) is 22.7. The van der Waals surface area contributed by atoms with Gasteiger partial charge in [-0.25, -0.2) is 4.98 Å². The number of fused-ring (bicyclic) bond motifs is 1. The number of anilines is 1. The Balaban J connectivity index is 1.72. The molecule has 32 heavy (non-hydrogen) atoms. The number of nitrogens with one attached hydrogen (secondary N) is 1. The molecule has 1 amide bonds. The summed E-state index contributed by atoms with van der Waals surface area (Å²) in [5, 5.41) is 13.6. The SMILES string of the molecule is CCCN1C(=O)/C(=C/c2c(NCC(O)c3ccccc3)nc3ccccn3c2=O)SC1=S. The first kappa shape index (κ1) is 22.2. The Morgan fingerprint density at radius 2 is 1.94 bits per heavy atom. The van der Waals surface area contributed by atoms with Crippen molar-refractivity contribution in [3.05, 3.63) is 81.1 Å². The van der Waals surface area contributed by atoms with E-state index in [-0.39, 0.29) is 23.6 Å². The van der Waals surface area contributed by atoms with Crippen molar-refractivity contribution >= 4 is 51.7 Å². The van der Waals surface area contributed by atoms with E-state index >= 15 is 0 Å². The Kier molecular flexibility index (Phi) is 6.69. The number of nitrogens with zero attached hydrogens (tertiary/aromatic N) is 3. The van der Waals surface area contributed by atoms with Crippen molar-refractivity contribution in [3.63, 3.8) is 0 Å². The highest BCUT2D eigenvalue weighted by atomic mass is 32.2. The molecule has 1 saturated heterocycles. The van der Waals surface area contributed by atoms with Crippen molar-refractivity contribution in [3.8, 4) is 0 Å². The lowest BCUT2D eigenvalue weighted by Gasteiger charge is -2.15. The van der Waals surface area contributed by atoms with E-state index in [2.05, 4.69) is 10.3 Å². The van der Waals surface area contributed by atoms with E-state index in [9.17, 15) is 14.7 Å². The Morgan fingerprint density at radius 1 is 1.19 bits per heavy atom. The van der Waals surface area contributed by atoms with Crippen LogP contribution in [0.1, 0.15) is 30.6 Å². The Morgan fingerprint density at radius 3 is 2.69 bits per heavy atom. The first-order valence-electron chi connectivity index (χ1n) is 10.2. The van der Waals surface area contributed by atoms with Gasteiger partial charge < -0.3 is 10.4 Å². The second kappa shape index (κ2) is 9.64. The second-order valence-corrected chi connectivity index (χ2v) is 8.92. The number of thiocarbonyl (C=S) groups is 1. The number of pyridine rings is 1. The predicted octanol–water partition coefficient (Wildman–Crippen LogP) is 3.45. The van der Waals surface area contributed by atoms with Gasteiger partial charge in [-0.15, -0.1) is 0 Å². The summed E-state index contributed by atoms with van der Waals surface area (Å²) in [5.41, 5.74) is 1.14. The van der Waals surface area contributed by atoms with Crippen LogP contribution in [0.3, 0.4) is 0 Å². The number of rotatable bonds is 7. The van der Waals surface area contributed by atoms with Crippen LogP contribution in [0, 0.1) is 0 Å². The molecular formula is C23H22N4O3S2. The average molecular weight is 467 g/mol. The van der Waals surface area contributed by atoms with Gasteiger partial charge in [0.1, 0.15) is 15.8 Å². The van der Waals surface area contributed by atoms with Crippen molar-refractivity contribution in [1.29, 1.82) is 0 Å². The summed E-state index contributed by atoms with van der Waals surface area (Å²) < 4.78 is 1.91. The van der Waals surface area contributed by atoms with Crippen LogP contribution in [0.25, 0.3) is 11.7 Å². The van der Waals surface area contributed by atoms with E-state index in [1.54, 1.807) is 35.4 Å². The highest BCUT2D eigenvalue weighted by Crippen LogP contribution is 2.33. The molecule has 164 valence electrons. The van der Waals surface area contributed by atoms with Gasteiger partial charge in [0, 0.05) is 19.3 Å². The first-order chi connectivity index (χ1) is 15.5. The maximum absolute atomic E-state index is 13.3. The standard InChI is InChI=1S/C23H22N4O3S2/c1-2-11-27-22(30)18(32-23(27)31)13-16-20(24-14-17(28)15-8-4-3-5-9-15)25-19-10-6-7-12-26(19)21(16)29/h3-10,12-13,17,24,28H,2,11,14H2,1H3/b18-13-. The molecule has 1 atom stereocenters. The van der Waals surface area contributed by atoms with E-state index in [1.165, 1.54) is 16.2 Å². The minimum absolute atomic E-state index is 0.150. The largest absolute Gasteiger partial charge is 0.387 e. The normalized spacial score (nSPS) is 16.2. The molecule has 4 rings (SSSR count). The molecule has 0 spiro atoms. The number of benzene rings is 1. The number of hydrogen-bond acceptors (Lipinski definition) is 7. The number of amides is 1. The van der Waals surface area contributed by atoms with E-state index in [0.29, 0.717) is 27.2 Å². The fourth-order valence-electron chi connectivity index (χ4n) is 3.40. The zero-order valence-corrected chi connectivity index (χ0v) is 19.0. The molecule has 1 unspecified atom stereocenters. The molecule has 0 aliphatic carbocycles. The number of aliphatic hydroxyl groups is 1. The monoisotopic (exact) mass is 466 g/mol. The van der Waals surface area contributed by atoms with Crippen LogP contribution in [0.4, 0.5) is 5.82 Å². The van der Waals surface area contributed by atoms with Gasteiger partial charge in [-0.3, -0.25) is 18.9 Å². The van der Waals surface area contributed by atoms with Crippen molar-refractivity contribution in [2.75, 3.05) is 18.4 Å². The lowest BCUT2D eigenvalue weighted by Crippen LogP contribution is -2.28. The van der Waals surface area contributed by atoms with E-state index in [4.69, 9.17) is 12.2 Å². The zero-order valence-electron chi connectivity index (χ0n) is 17.4. The number of hydrogen-bond donors (Lipinski definition) is 2. The lowest BCUT2D eigenvalue weighted by molar-refractivity contribution is -0.122. The van der Waals surface area contributed by atoms with Crippen LogP contribution in [0.2, 0.25) is 0 Å². The van der Waals surface area contributed by atoms with Gasteiger partial charge in [-0.1, -0.05) is 67.3 Å². The summed E-state index contributed by atoms with van der Waals surface area (Å²) in [7, 11) is 0. The molecule has 0 saturated carbocycles. The summed E-state index contributed by atoms with van der Waals surface area (Å²) >= 11 is 6.51. The highest BCUT2D eigenvalue weighted by Gasteiger charge is 2.32. The van der Waals surface area contributed by atoms with E-state index < -0.39 is 6.10 Å². The topological polar surface area (TPSA) is 86.9 Å². The van der Waals surface area contributed by atoms with Crippen LogP contribution in [0.5, 0.6) is 0 Å². The maximum atomic E-state index is 13.3. The Labute approximate surface area is 194 Å². The molecule has 2 aromatic heterocycles. The van der Waals surface area contributed by atoms with Gasteiger partial charge in [0.2, 0.25) is 0 Å². The third-order valence-electron chi connectivity index (χ3n) is 5.01. The molecular weight excluding hydrogens is 444 g/mol. The average Bonchev–Trinajstić information content (AvgIpc) is 3.08. The number of thioether (sulfide) groups is 1. The maximum Gasteiger partial charge on any atom is 0.267 e. The molecule has 3 aromatic rings. The molecule has 0 bridgehead atoms. The Hall–Kier alpha value is -3.01.